The quantitative estimate of drug-likeness (QED) is 0.873. The minimum absolute atomic E-state index is 0.180. The van der Waals surface area contributed by atoms with Gasteiger partial charge in [-0.15, -0.1) is 11.3 Å². The van der Waals surface area contributed by atoms with Gasteiger partial charge in [0.1, 0.15) is 0 Å². The molecule has 0 aliphatic heterocycles. The molecule has 0 aliphatic carbocycles. The lowest BCUT2D eigenvalue weighted by Crippen LogP contribution is -2.24. The molecule has 0 saturated heterocycles. The van der Waals surface area contributed by atoms with Crippen LogP contribution in [0.2, 0.25) is 9.36 Å². The molecular formula is C14H13Cl2NO2S. The summed E-state index contributed by atoms with van der Waals surface area (Å²) in [6.07, 6.45) is -0.230. The van der Waals surface area contributed by atoms with Crippen LogP contribution in [0.1, 0.15) is 27.8 Å². The molecule has 2 aromatic rings. The molecule has 1 amide bonds. The predicted molar refractivity (Wildman–Crippen MR) is 82.7 cm³/mol. The van der Waals surface area contributed by atoms with Gasteiger partial charge in [-0.25, -0.2) is 0 Å². The van der Waals surface area contributed by atoms with Gasteiger partial charge in [0.25, 0.3) is 5.91 Å². The van der Waals surface area contributed by atoms with E-state index in [9.17, 15) is 9.90 Å². The van der Waals surface area contributed by atoms with Crippen molar-refractivity contribution in [2.75, 3.05) is 6.54 Å². The van der Waals surface area contributed by atoms with Crippen LogP contribution in [-0.4, -0.2) is 17.6 Å². The third-order valence-electron chi connectivity index (χ3n) is 2.73. The van der Waals surface area contributed by atoms with Crippen molar-refractivity contribution < 1.29 is 9.90 Å². The van der Waals surface area contributed by atoms with Gasteiger partial charge >= 0.3 is 0 Å². The molecule has 1 aromatic heterocycles. The second-order valence-corrected chi connectivity index (χ2v) is 6.37. The van der Waals surface area contributed by atoms with Gasteiger partial charge in [0.15, 0.2) is 0 Å². The summed E-state index contributed by atoms with van der Waals surface area (Å²) in [6.45, 7) is 0.377. The van der Waals surface area contributed by atoms with Crippen LogP contribution in [0.15, 0.2) is 36.4 Å². The number of benzene rings is 1. The summed E-state index contributed by atoms with van der Waals surface area (Å²) in [5.41, 5.74) is 0.742. The summed E-state index contributed by atoms with van der Waals surface area (Å²) in [4.78, 5) is 12.3. The van der Waals surface area contributed by atoms with E-state index in [1.165, 1.54) is 11.3 Å². The summed E-state index contributed by atoms with van der Waals surface area (Å²) < 4.78 is 0.578. The van der Waals surface area contributed by atoms with Gasteiger partial charge in [0.2, 0.25) is 0 Å². The Morgan fingerprint density at radius 1 is 1.30 bits per heavy atom. The topological polar surface area (TPSA) is 49.3 Å². The van der Waals surface area contributed by atoms with E-state index in [0.29, 0.717) is 27.2 Å². The van der Waals surface area contributed by atoms with Crippen LogP contribution in [0.25, 0.3) is 0 Å². The summed E-state index contributed by atoms with van der Waals surface area (Å²) in [5, 5.41) is 13.3. The van der Waals surface area contributed by atoms with Crippen molar-refractivity contribution in [2.45, 2.75) is 12.5 Å². The first-order valence-electron chi connectivity index (χ1n) is 6.03. The number of hydrogen-bond acceptors (Lipinski definition) is 3. The number of aliphatic hydroxyl groups excluding tert-OH is 1. The molecule has 1 aromatic carbocycles. The van der Waals surface area contributed by atoms with Gasteiger partial charge in [-0.1, -0.05) is 35.3 Å². The molecule has 0 spiro atoms. The summed E-state index contributed by atoms with van der Waals surface area (Å²) in [5.74, 6) is -0.180. The number of halogens is 2. The lowest BCUT2D eigenvalue weighted by atomic mass is 10.1. The average molecular weight is 330 g/mol. The highest BCUT2D eigenvalue weighted by Gasteiger charge is 2.11. The Bertz CT molecular complexity index is 600. The Morgan fingerprint density at radius 2 is 2.10 bits per heavy atom. The van der Waals surface area contributed by atoms with Gasteiger partial charge in [-0.2, -0.15) is 0 Å². The molecule has 0 radical (unpaired) electrons. The van der Waals surface area contributed by atoms with E-state index in [4.69, 9.17) is 23.2 Å². The third kappa shape index (κ3) is 4.21. The van der Waals surface area contributed by atoms with E-state index in [1.54, 1.807) is 36.4 Å². The largest absolute Gasteiger partial charge is 0.388 e. The van der Waals surface area contributed by atoms with Gasteiger partial charge in [0, 0.05) is 11.6 Å². The lowest BCUT2D eigenvalue weighted by molar-refractivity contribution is 0.0946. The number of carbonyl (C=O) groups is 1. The minimum atomic E-state index is -0.652. The fourth-order valence-corrected chi connectivity index (χ4v) is 2.88. The highest BCUT2D eigenvalue weighted by molar-refractivity contribution is 7.17. The first-order valence-corrected chi connectivity index (χ1v) is 7.60. The number of aliphatic hydroxyl groups is 1. The molecule has 1 heterocycles. The molecule has 1 atom stereocenters. The van der Waals surface area contributed by atoms with Crippen molar-refractivity contribution in [3.63, 3.8) is 0 Å². The fraction of sp³-hybridized carbons (Fsp3) is 0.214. The van der Waals surface area contributed by atoms with Crippen LogP contribution in [0.4, 0.5) is 0 Å². The van der Waals surface area contributed by atoms with Crippen molar-refractivity contribution in [1.82, 2.24) is 5.32 Å². The van der Waals surface area contributed by atoms with Crippen LogP contribution in [-0.2, 0) is 0 Å². The van der Waals surface area contributed by atoms with Crippen molar-refractivity contribution >= 4 is 40.4 Å². The van der Waals surface area contributed by atoms with Crippen LogP contribution in [0.3, 0.4) is 0 Å². The monoisotopic (exact) mass is 329 g/mol. The number of thiophene rings is 1. The zero-order valence-electron chi connectivity index (χ0n) is 10.5. The summed E-state index contributed by atoms with van der Waals surface area (Å²) >= 11 is 12.9. The molecule has 1 unspecified atom stereocenters. The second-order valence-electron chi connectivity index (χ2n) is 4.22. The number of carbonyl (C=O) groups excluding carboxylic acids is 1. The van der Waals surface area contributed by atoms with Crippen LogP contribution < -0.4 is 5.32 Å². The maximum Gasteiger partial charge on any atom is 0.261 e. The fourth-order valence-electron chi connectivity index (χ4n) is 1.73. The molecule has 2 N–H and O–H groups in total. The van der Waals surface area contributed by atoms with Gasteiger partial charge in [-0.05, 0) is 36.2 Å². The zero-order chi connectivity index (χ0) is 14.5. The van der Waals surface area contributed by atoms with E-state index < -0.39 is 6.10 Å². The number of hydrogen-bond donors (Lipinski definition) is 2. The Labute approximate surface area is 131 Å². The Morgan fingerprint density at radius 3 is 2.75 bits per heavy atom. The van der Waals surface area contributed by atoms with E-state index in [0.717, 1.165) is 5.56 Å². The molecule has 2 rings (SSSR count). The van der Waals surface area contributed by atoms with Crippen LogP contribution in [0, 0.1) is 0 Å². The van der Waals surface area contributed by atoms with E-state index in [-0.39, 0.29) is 5.91 Å². The molecule has 0 fully saturated rings. The molecule has 3 nitrogen and oxygen atoms in total. The summed E-state index contributed by atoms with van der Waals surface area (Å²) in [7, 11) is 0. The Kier molecular flexibility index (Phi) is 5.43. The number of rotatable bonds is 5. The first kappa shape index (κ1) is 15.3. The Hall–Kier alpha value is -1.07. The van der Waals surface area contributed by atoms with E-state index >= 15 is 0 Å². The van der Waals surface area contributed by atoms with Crippen molar-refractivity contribution in [3.8, 4) is 0 Å². The first-order chi connectivity index (χ1) is 9.56. The van der Waals surface area contributed by atoms with Gasteiger partial charge in [-0.3, -0.25) is 4.79 Å². The SMILES string of the molecule is O=C(NCCC(O)c1cccc(Cl)c1)c1ccc(Cl)s1. The molecule has 20 heavy (non-hydrogen) atoms. The molecule has 0 saturated carbocycles. The maximum absolute atomic E-state index is 11.8. The standard InChI is InChI=1S/C14H13Cl2NO2S/c15-10-3-1-2-9(8-10)11(18)6-7-17-14(19)12-4-5-13(16)20-12/h1-5,8,11,18H,6-7H2,(H,17,19). The normalized spacial score (nSPS) is 12.2. The summed E-state index contributed by atoms with van der Waals surface area (Å²) in [6, 6.07) is 10.4. The molecular weight excluding hydrogens is 317 g/mol. The molecule has 0 aliphatic rings. The van der Waals surface area contributed by atoms with Crippen LogP contribution >= 0.6 is 34.5 Å². The highest BCUT2D eigenvalue weighted by Crippen LogP contribution is 2.22. The van der Waals surface area contributed by atoms with Crippen molar-refractivity contribution in [3.05, 3.63) is 56.2 Å². The lowest BCUT2D eigenvalue weighted by Gasteiger charge is -2.11. The highest BCUT2D eigenvalue weighted by atomic mass is 35.5. The Balaban J connectivity index is 1.82. The van der Waals surface area contributed by atoms with Crippen molar-refractivity contribution in [2.24, 2.45) is 0 Å². The van der Waals surface area contributed by atoms with Crippen molar-refractivity contribution in [1.29, 1.82) is 0 Å². The number of nitrogens with one attached hydrogen (secondary N) is 1. The average Bonchev–Trinajstić information content (AvgIpc) is 2.85. The smallest absolute Gasteiger partial charge is 0.261 e. The molecule has 0 bridgehead atoms. The van der Waals surface area contributed by atoms with Gasteiger partial charge in [0.05, 0.1) is 15.3 Å². The maximum atomic E-state index is 11.8. The molecule has 106 valence electrons. The molecule has 6 heteroatoms. The van der Waals surface area contributed by atoms with E-state index in [1.807, 2.05) is 0 Å². The van der Waals surface area contributed by atoms with Crippen LogP contribution in [0.5, 0.6) is 0 Å². The number of amides is 1. The second kappa shape index (κ2) is 7.09. The third-order valence-corrected chi connectivity index (χ3v) is 4.20. The van der Waals surface area contributed by atoms with E-state index in [2.05, 4.69) is 5.32 Å². The predicted octanol–water partition coefficient (Wildman–Crippen LogP) is 3.91. The zero-order valence-corrected chi connectivity index (χ0v) is 12.8. The van der Waals surface area contributed by atoms with Gasteiger partial charge < -0.3 is 10.4 Å². The minimum Gasteiger partial charge on any atom is -0.388 e.